The van der Waals surface area contributed by atoms with E-state index in [-0.39, 0.29) is 29.9 Å². The van der Waals surface area contributed by atoms with E-state index in [1.165, 1.54) is 6.92 Å². The molecule has 0 aliphatic heterocycles. The second kappa shape index (κ2) is 29.4. The van der Waals surface area contributed by atoms with Crippen LogP contribution < -0.4 is 21.7 Å². The molecule has 0 radical (unpaired) electrons. The molecule has 0 saturated carbocycles. The summed E-state index contributed by atoms with van der Waals surface area (Å²) in [5.74, 6) is -0.418. The molecule has 0 aromatic rings. The Labute approximate surface area is 296 Å². The van der Waals surface area contributed by atoms with Gasteiger partial charge < -0.3 is 31.2 Å². The molecule has 0 heterocycles. The second-order valence-corrected chi connectivity index (χ2v) is 12.0. The Morgan fingerprint density at radius 1 is 0.796 bits per heavy atom. The van der Waals surface area contributed by atoms with Crippen molar-refractivity contribution in [1.82, 2.24) is 16.0 Å². The summed E-state index contributed by atoms with van der Waals surface area (Å²) in [6.45, 7) is 9.10. The predicted molar refractivity (Wildman–Crippen MR) is 202 cm³/mol. The number of nitrogens with two attached hydrogens (primary N) is 1. The van der Waals surface area contributed by atoms with Gasteiger partial charge in [0.2, 0.25) is 17.7 Å². The van der Waals surface area contributed by atoms with Crippen LogP contribution in [0.4, 0.5) is 0 Å². The number of rotatable bonds is 26. The predicted octanol–water partition coefficient (Wildman–Crippen LogP) is 6.45. The molecule has 3 amide bonds. The first-order chi connectivity index (χ1) is 23.8. The number of ether oxygens (including phenoxy) is 2. The summed E-state index contributed by atoms with van der Waals surface area (Å²) in [6.07, 6.45) is 36.2. The highest BCUT2D eigenvalue weighted by molar-refractivity contribution is 5.94. The van der Waals surface area contributed by atoms with Crippen LogP contribution in [0.5, 0.6) is 0 Å². The van der Waals surface area contributed by atoms with E-state index in [2.05, 4.69) is 89.7 Å². The fourth-order valence-electron chi connectivity index (χ4n) is 5.07. The van der Waals surface area contributed by atoms with Crippen molar-refractivity contribution < 1.29 is 23.9 Å². The molecule has 5 N–H and O–H groups in total. The first-order valence-corrected chi connectivity index (χ1v) is 18.2. The van der Waals surface area contributed by atoms with Gasteiger partial charge in [0.25, 0.3) is 0 Å². The monoisotopic (exact) mass is 680 g/mol. The van der Waals surface area contributed by atoms with Crippen LogP contribution in [0.2, 0.25) is 0 Å². The van der Waals surface area contributed by atoms with Crippen molar-refractivity contribution >= 4 is 17.7 Å². The van der Waals surface area contributed by atoms with Crippen molar-refractivity contribution in [3.8, 4) is 0 Å². The molecule has 1 rings (SSSR count). The molecule has 0 aromatic carbocycles. The van der Waals surface area contributed by atoms with Crippen molar-refractivity contribution in [2.24, 2.45) is 5.73 Å². The maximum absolute atomic E-state index is 12.8. The molecule has 0 unspecified atom stereocenters. The Bertz CT molecular complexity index is 1130. The van der Waals surface area contributed by atoms with E-state index in [1.807, 2.05) is 19.9 Å². The van der Waals surface area contributed by atoms with Gasteiger partial charge in [-0.05, 0) is 70.3 Å². The maximum atomic E-state index is 12.8. The van der Waals surface area contributed by atoms with Crippen LogP contribution in [-0.2, 0) is 23.9 Å². The summed E-state index contributed by atoms with van der Waals surface area (Å²) in [5, 5.41) is 8.62. The highest BCUT2D eigenvalue weighted by Crippen LogP contribution is 2.23. The Kier molecular flexibility index (Phi) is 26.1. The van der Waals surface area contributed by atoms with Crippen molar-refractivity contribution in [2.45, 2.75) is 123 Å². The molecule has 0 fully saturated rings. The molecule has 0 saturated heterocycles. The van der Waals surface area contributed by atoms with Gasteiger partial charge >= 0.3 is 0 Å². The molecular weight excluding hydrogens is 616 g/mol. The van der Waals surface area contributed by atoms with Crippen molar-refractivity contribution in [1.29, 1.82) is 0 Å². The Morgan fingerprint density at radius 3 is 1.82 bits per heavy atom. The van der Waals surface area contributed by atoms with Crippen LogP contribution in [-0.4, -0.2) is 68.3 Å². The molecule has 3 atom stereocenters. The van der Waals surface area contributed by atoms with E-state index < -0.39 is 12.1 Å². The molecule has 9 nitrogen and oxygen atoms in total. The lowest BCUT2D eigenvalue weighted by Crippen LogP contribution is -2.57. The third-order valence-corrected chi connectivity index (χ3v) is 7.79. The summed E-state index contributed by atoms with van der Waals surface area (Å²) in [6, 6.07) is -0.827. The molecule has 1 aliphatic carbocycles. The number of hydrogen-bond donors (Lipinski definition) is 4. The van der Waals surface area contributed by atoms with Crippen LogP contribution in [0.3, 0.4) is 0 Å². The summed E-state index contributed by atoms with van der Waals surface area (Å²) < 4.78 is 11.8. The highest BCUT2D eigenvalue weighted by atomic mass is 16.5. The van der Waals surface area contributed by atoms with Gasteiger partial charge in [-0.3, -0.25) is 14.4 Å². The summed E-state index contributed by atoms with van der Waals surface area (Å²) >= 11 is 0. The Morgan fingerprint density at radius 2 is 1.31 bits per heavy atom. The van der Waals surface area contributed by atoms with Gasteiger partial charge in [-0.25, -0.2) is 0 Å². The second-order valence-electron chi connectivity index (χ2n) is 12.0. The molecule has 274 valence electrons. The summed E-state index contributed by atoms with van der Waals surface area (Å²) in [5.41, 5.74) is 6.90. The molecule has 1 aliphatic rings. The first-order valence-electron chi connectivity index (χ1n) is 18.2. The zero-order valence-electron chi connectivity index (χ0n) is 30.5. The number of amides is 3. The van der Waals surface area contributed by atoms with E-state index in [4.69, 9.17) is 15.2 Å². The smallest absolute Gasteiger partial charge is 0.247 e. The number of nitrogens with one attached hydrogen (secondary N) is 3. The highest BCUT2D eigenvalue weighted by Gasteiger charge is 2.35. The van der Waals surface area contributed by atoms with Gasteiger partial charge in [0.15, 0.2) is 0 Å². The molecule has 0 bridgehead atoms. The lowest BCUT2D eigenvalue weighted by Gasteiger charge is -2.36. The molecule has 0 aromatic heterocycles. The van der Waals surface area contributed by atoms with Crippen LogP contribution in [0, 0.1) is 0 Å². The van der Waals surface area contributed by atoms with E-state index in [0.717, 1.165) is 51.4 Å². The minimum Gasteiger partial charge on any atom is -0.378 e. The van der Waals surface area contributed by atoms with Crippen LogP contribution in [0.15, 0.2) is 84.6 Å². The van der Waals surface area contributed by atoms with E-state index in [9.17, 15) is 14.4 Å². The van der Waals surface area contributed by atoms with Gasteiger partial charge in [-0.2, -0.15) is 0 Å². The number of allylic oxidation sites excluding steroid dienone is 12. The fourth-order valence-corrected chi connectivity index (χ4v) is 5.07. The normalized spacial score (nSPS) is 18.6. The number of carbonyl (C=O) groups excluding carboxylic acids is 3. The average molecular weight is 681 g/mol. The molecule has 9 heteroatoms. The zero-order chi connectivity index (χ0) is 36.0. The first kappa shape index (κ1) is 43.5. The van der Waals surface area contributed by atoms with Crippen LogP contribution in [0.1, 0.15) is 98.3 Å². The van der Waals surface area contributed by atoms with E-state index >= 15 is 0 Å². The topological polar surface area (TPSA) is 132 Å². The lowest BCUT2D eigenvalue weighted by molar-refractivity contribution is -0.122. The third kappa shape index (κ3) is 22.7. The minimum atomic E-state index is -0.474. The fraction of sp³-hybridized carbons (Fsp3) is 0.575. The quantitative estimate of drug-likeness (QED) is 0.0614. The number of carbonyl (C=O) groups is 3. The van der Waals surface area contributed by atoms with Gasteiger partial charge in [0.1, 0.15) is 0 Å². The summed E-state index contributed by atoms with van der Waals surface area (Å²) in [4.78, 5) is 36.6. The van der Waals surface area contributed by atoms with Crippen LogP contribution in [0.25, 0.3) is 0 Å². The standard InChI is InChI=1S/C40H64N4O5/c1-5-8-9-10-11-12-13-14-15-16-17-18-19-20-21-22-23-24-25-26-38(46)42-27-29-48-30-28-43-40(47)34-31-36(41)39(44-33(4)45)37(32-34)49-35(6-2)7-3/h8-9,11-12,14-15,17-18,20-21,23-24,32,35-37,39H,5-7,10,13,16,19,22,25-31,41H2,1-4H3,(H,42,46)(H,43,47)(H,44,45)/b9-8-,12-11-,15-14-,18-17-,21-20-,24-23-/t36-,37+,39+/m0/s1. The number of hydrogen-bond acceptors (Lipinski definition) is 6. The minimum absolute atomic E-state index is 0.0117. The lowest BCUT2D eigenvalue weighted by atomic mass is 9.87. The van der Waals surface area contributed by atoms with Gasteiger partial charge in [-0.1, -0.05) is 93.7 Å². The third-order valence-electron chi connectivity index (χ3n) is 7.79. The molecule has 49 heavy (non-hydrogen) atoms. The van der Waals surface area contributed by atoms with Gasteiger partial charge in [0, 0.05) is 38.0 Å². The van der Waals surface area contributed by atoms with Crippen molar-refractivity contribution in [3.63, 3.8) is 0 Å². The molecular formula is C40H64N4O5. The van der Waals surface area contributed by atoms with Crippen molar-refractivity contribution in [2.75, 3.05) is 26.3 Å². The summed E-state index contributed by atoms with van der Waals surface area (Å²) in [7, 11) is 0. The Balaban J connectivity index is 2.14. The largest absolute Gasteiger partial charge is 0.378 e. The maximum Gasteiger partial charge on any atom is 0.247 e. The zero-order valence-corrected chi connectivity index (χ0v) is 30.5. The van der Waals surface area contributed by atoms with Gasteiger partial charge in [-0.15, -0.1) is 0 Å². The van der Waals surface area contributed by atoms with E-state index in [0.29, 0.717) is 51.1 Å². The Hall–Kier alpha value is -3.53. The van der Waals surface area contributed by atoms with E-state index in [1.54, 1.807) is 6.08 Å². The SMILES string of the molecule is CC/C=C\C/C=C\C/C=C\C/C=C\C/C=C\C/C=C\CCC(=O)NCCOCCNC(=O)C1=C[C@@H](OC(CC)CC)[C@H](NC(C)=O)[C@@H](N)C1. The molecule has 0 spiro atoms. The van der Waals surface area contributed by atoms with Gasteiger partial charge in [0.05, 0.1) is 31.5 Å². The van der Waals surface area contributed by atoms with Crippen molar-refractivity contribution in [3.05, 3.63) is 84.6 Å². The average Bonchev–Trinajstić information content (AvgIpc) is 3.08. The van der Waals surface area contributed by atoms with Crippen LogP contribution >= 0.6 is 0 Å².